The second-order valence-electron chi connectivity index (χ2n) is 6.38. The van der Waals surface area contributed by atoms with Gasteiger partial charge in [-0.15, -0.1) is 0 Å². The fourth-order valence-electron chi connectivity index (χ4n) is 2.87. The third kappa shape index (κ3) is 4.67. The number of amides is 2. The van der Waals surface area contributed by atoms with Gasteiger partial charge >= 0.3 is 0 Å². The van der Waals surface area contributed by atoms with Gasteiger partial charge in [0.05, 0.1) is 16.9 Å². The average molecular weight is 374 g/mol. The summed E-state index contributed by atoms with van der Waals surface area (Å²) in [5, 5.41) is 5.90. The molecule has 0 radical (unpaired) electrons. The zero-order valence-corrected chi connectivity index (χ0v) is 15.3. The van der Waals surface area contributed by atoms with Crippen molar-refractivity contribution >= 4 is 28.9 Å². The van der Waals surface area contributed by atoms with Gasteiger partial charge in [-0.3, -0.25) is 9.59 Å². The van der Waals surface area contributed by atoms with E-state index in [1.165, 1.54) is 0 Å². The molecule has 1 atom stereocenters. The Bertz CT molecular complexity index is 959. The molecule has 3 rings (SSSR count). The highest BCUT2D eigenvalue weighted by atomic mass is 16.2. The number of carbonyl (C=O) groups excluding carboxylic acids is 2. The van der Waals surface area contributed by atoms with Crippen molar-refractivity contribution in [3.05, 3.63) is 90.0 Å². The Morgan fingerprint density at radius 1 is 0.857 bits per heavy atom. The number of hydrogen-bond donors (Lipinski definition) is 4. The van der Waals surface area contributed by atoms with Gasteiger partial charge in [0.1, 0.15) is 6.04 Å². The largest absolute Gasteiger partial charge is 0.397 e. The first-order valence-electron chi connectivity index (χ1n) is 8.89. The standard InChI is InChI=1S/C22H22N4O2/c23-18-13-7-12-17(20(18)25-16-10-5-2-6-11-16)22(28)26-19(21(24)27)14-15-8-3-1-4-9-15/h1-13,19,25H,14,23H2,(H2,24,27)(H,26,28)/t19-/m0/s1. The Kier molecular flexibility index (Phi) is 5.91. The molecule has 2 amide bonds. The predicted octanol–water partition coefficient (Wildman–Crippen LogP) is 2.84. The van der Waals surface area contributed by atoms with Crippen LogP contribution in [0.15, 0.2) is 78.9 Å². The van der Waals surface area contributed by atoms with Crippen molar-refractivity contribution in [3.8, 4) is 0 Å². The number of nitrogen functional groups attached to an aromatic ring is 1. The summed E-state index contributed by atoms with van der Waals surface area (Å²) in [4.78, 5) is 24.8. The minimum atomic E-state index is -0.832. The Morgan fingerprint density at radius 3 is 2.14 bits per heavy atom. The van der Waals surface area contributed by atoms with E-state index in [1.54, 1.807) is 18.2 Å². The van der Waals surface area contributed by atoms with Crippen LogP contribution in [0.2, 0.25) is 0 Å². The zero-order chi connectivity index (χ0) is 19.9. The molecule has 6 N–H and O–H groups in total. The van der Waals surface area contributed by atoms with Crippen LogP contribution in [0.5, 0.6) is 0 Å². The smallest absolute Gasteiger partial charge is 0.254 e. The molecule has 142 valence electrons. The van der Waals surface area contributed by atoms with Crippen LogP contribution in [0.1, 0.15) is 15.9 Å². The lowest BCUT2D eigenvalue weighted by Gasteiger charge is -2.18. The van der Waals surface area contributed by atoms with Crippen molar-refractivity contribution in [2.75, 3.05) is 11.1 Å². The molecular weight excluding hydrogens is 352 g/mol. The zero-order valence-electron chi connectivity index (χ0n) is 15.3. The van der Waals surface area contributed by atoms with Gasteiger partial charge in [-0.1, -0.05) is 54.6 Å². The van der Waals surface area contributed by atoms with Crippen molar-refractivity contribution in [1.29, 1.82) is 0 Å². The average Bonchev–Trinajstić information content (AvgIpc) is 2.70. The number of benzene rings is 3. The van der Waals surface area contributed by atoms with E-state index < -0.39 is 17.9 Å². The maximum atomic E-state index is 12.9. The van der Waals surface area contributed by atoms with Gasteiger partial charge in [-0.2, -0.15) is 0 Å². The number of primary amides is 1. The number of para-hydroxylation sites is 2. The summed E-state index contributed by atoms with van der Waals surface area (Å²) in [5.41, 5.74) is 14.5. The molecule has 0 bridgehead atoms. The molecular formula is C22H22N4O2. The highest BCUT2D eigenvalue weighted by molar-refractivity contribution is 6.04. The third-order valence-corrected chi connectivity index (χ3v) is 4.32. The molecule has 0 aliphatic carbocycles. The highest BCUT2D eigenvalue weighted by Crippen LogP contribution is 2.27. The summed E-state index contributed by atoms with van der Waals surface area (Å²) in [6.07, 6.45) is 0.311. The number of nitrogens with one attached hydrogen (secondary N) is 2. The van der Waals surface area contributed by atoms with E-state index in [0.717, 1.165) is 11.3 Å². The molecule has 6 heteroatoms. The van der Waals surface area contributed by atoms with Crippen LogP contribution in [-0.4, -0.2) is 17.9 Å². The van der Waals surface area contributed by atoms with Gasteiger partial charge < -0.3 is 22.1 Å². The monoisotopic (exact) mass is 374 g/mol. The van der Waals surface area contributed by atoms with Crippen LogP contribution in [0.25, 0.3) is 0 Å². The third-order valence-electron chi connectivity index (χ3n) is 4.32. The topological polar surface area (TPSA) is 110 Å². The van der Waals surface area contributed by atoms with Crippen LogP contribution in [-0.2, 0) is 11.2 Å². The van der Waals surface area contributed by atoms with Crippen molar-refractivity contribution in [1.82, 2.24) is 5.32 Å². The summed E-state index contributed by atoms with van der Waals surface area (Å²) < 4.78 is 0. The Balaban J connectivity index is 1.83. The van der Waals surface area contributed by atoms with E-state index in [-0.39, 0.29) is 0 Å². The molecule has 6 nitrogen and oxygen atoms in total. The van der Waals surface area contributed by atoms with E-state index >= 15 is 0 Å². The van der Waals surface area contributed by atoms with E-state index in [1.807, 2.05) is 60.7 Å². The first kappa shape index (κ1) is 19.0. The van der Waals surface area contributed by atoms with Gasteiger partial charge in [0.25, 0.3) is 5.91 Å². The van der Waals surface area contributed by atoms with Crippen molar-refractivity contribution in [2.24, 2.45) is 5.73 Å². The molecule has 3 aromatic carbocycles. The first-order chi connectivity index (χ1) is 13.5. The van der Waals surface area contributed by atoms with Gasteiger partial charge in [0.15, 0.2) is 0 Å². The Labute approximate surface area is 163 Å². The van der Waals surface area contributed by atoms with Crippen LogP contribution < -0.4 is 22.1 Å². The second kappa shape index (κ2) is 8.73. The minimum absolute atomic E-state index is 0.311. The lowest BCUT2D eigenvalue weighted by atomic mass is 10.0. The fourth-order valence-corrected chi connectivity index (χ4v) is 2.87. The number of nitrogens with two attached hydrogens (primary N) is 2. The minimum Gasteiger partial charge on any atom is -0.397 e. The molecule has 0 unspecified atom stereocenters. The van der Waals surface area contributed by atoms with Gasteiger partial charge in [0.2, 0.25) is 5.91 Å². The lowest BCUT2D eigenvalue weighted by molar-refractivity contribution is -0.119. The molecule has 3 aromatic rings. The highest BCUT2D eigenvalue weighted by Gasteiger charge is 2.22. The molecule has 0 aromatic heterocycles. The van der Waals surface area contributed by atoms with Crippen LogP contribution in [0, 0.1) is 0 Å². The fraction of sp³-hybridized carbons (Fsp3) is 0.0909. The molecule has 0 heterocycles. The molecule has 0 fully saturated rings. The Hall–Kier alpha value is -3.80. The van der Waals surface area contributed by atoms with Crippen LogP contribution in [0.4, 0.5) is 17.1 Å². The van der Waals surface area contributed by atoms with E-state index in [2.05, 4.69) is 10.6 Å². The number of anilines is 3. The summed E-state index contributed by atoms with van der Waals surface area (Å²) in [6, 6.07) is 23.0. The van der Waals surface area contributed by atoms with E-state index in [9.17, 15) is 9.59 Å². The molecule has 0 spiro atoms. The molecule has 0 aliphatic heterocycles. The maximum Gasteiger partial charge on any atom is 0.254 e. The number of hydrogen-bond acceptors (Lipinski definition) is 4. The molecule has 0 saturated carbocycles. The maximum absolute atomic E-state index is 12.9. The SMILES string of the molecule is NC(=O)[C@H](Cc1ccccc1)NC(=O)c1cccc(N)c1Nc1ccccc1. The summed E-state index contributed by atoms with van der Waals surface area (Å²) >= 11 is 0. The van der Waals surface area contributed by atoms with Crippen molar-refractivity contribution in [3.63, 3.8) is 0 Å². The predicted molar refractivity (Wildman–Crippen MR) is 111 cm³/mol. The van der Waals surface area contributed by atoms with E-state index in [0.29, 0.717) is 23.4 Å². The second-order valence-corrected chi connectivity index (χ2v) is 6.38. The van der Waals surface area contributed by atoms with Crippen LogP contribution >= 0.6 is 0 Å². The molecule has 0 saturated heterocycles. The first-order valence-corrected chi connectivity index (χ1v) is 8.89. The molecule has 0 aliphatic rings. The quantitative estimate of drug-likeness (QED) is 0.477. The van der Waals surface area contributed by atoms with Gasteiger partial charge in [-0.05, 0) is 29.8 Å². The summed E-state index contributed by atoms with van der Waals surface area (Å²) in [7, 11) is 0. The number of rotatable bonds is 7. The van der Waals surface area contributed by atoms with Crippen LogP contribution in [0.3, 0.4) is 0 Å². The van der Waals surface area contributed by atoms with Crippen molar-refractivity contribution in [2.45, 2.75) is 12.5 Å². The van der Waals surface area contributed by atoms with Crippen molar-refractivity contribution < 1.29 is 9.59 Å². The number of carbonyl (C=O) groups is 2. The summed E-state index contributed by atoms with van der Waals surface area (Å²) in [6.45, 7) is 0. The molecule has 28 heavy (non-hydrogen) atoms. The van der Waals surface area contributed by atoms with E-state index in [4.69, 9.17) is 11.5 Å². The Morgan fingerprint density at radius 2 is 1.50 bits per heavy atom. The normalized spacial score (nSPS) is 11.4. The van der Waals surface area contributed by atoms with Gasteiger partial charge in [0, 0.05) is 12.1 Å². The van der Waals surface area contributed by atoms with Gasteiger partial charge in [-0.25, -0.2) is 0 Å². The lowest BCUT2D eigenvalue weighted by Crippen LogP contribution is -2.46. The summed E-state index contributed by atoms with van der Waals surface area (Å²) in [5.74, 6) is -1.02.